The molecule has 1 unspecified atom stereocenters. The number of hydrogen-bond donors (Lipinski definition) is 1. The molecule has 1 atom stereocenters. The van der Waals surface area contributed by atoms with E-state index in [0.29, 0.717) is 6.54 Å². The molecule has 2 amide bonds. The summed E-state index contributed by atoms with van der Waals surface area (Å²) < 4.78 is 0. The number of nitrogens with zero attached hydrogens (tertiary/aromatic N) is 2. The third-order valence-corrected chi connectivity index (χ3v) is 4.80. The first-order valence-electron chi connectivity index (χ1n) is 8.95. The summed E-state index contributed by atoms with van der Waals surface area (Å²) in [5, 5.41) is 2.93. The van der Waals surface area contributed by atoms with Gasteiger partial charge in [0.15, 0.2) is 0 Å². The molecule has 0 aromatic heterocycles. The van der Waals surface area contributed by atoms with Crippen LogP contribution in [-0.4, -0.2) is 32.5 Å². The van der Waals surface area contributed by atoms with Crippen molar-refractivity contribution in [3.05, 3.63) is 54.1 Å². The topological polar surface area (TPSA) is 52.7 Å². The highest BCUT2D eigenvalue weighted by atomic mass is 16.2. The molecule has 1 fully saturated rings. The van der Waals surface area contributed by atoms with Gasteiger partial charge < -0.3 is 15.1 Å². The summed E-state index contributed by atoms with van der Waals surface area (Å²) in [6.45, 7) is 2.51. The summed E-state index contributed by atoms with van der Waals surface area (Å²) in [5.74, 6) is -0.444. The third kappa shape index (κ3) is 3.87. The van der Waals surface area contributed by atoms with Crippen molar-refractivity contribution in [1.82, 2.24) is 0 Å². The Morgan fingerprint density at radius 3 is 2.35 bits per heavy atom. The van der Waals surface area contributed by atoms with Crippen LogP contribution in [0, 0.1) is 5.92 Å². The van der Waals surface area contributed by atoms with E-state index in [-0.39, 0.29) is 24.2 Å². The zero-order valence-electron chi connectivity index (χ0n) is 15.5. The van der Waals surface area contributed by atoms with Gasteiger partial charge in [0.2, 0.25) is 11.8 Å². The number of carbonyl (C=O) groups excluding carboxylic acids is 2. The average molecular weight is 351 g/mol. The normalized spacial score (nSPS) is 16.7. The molecule has 2 aromatic rings. The van der Waals surface area contributed by atoms with Crippen LogP contribution in [0.1, 0.15) is 18.9 Å². The number of aryl methyl sites for hydroxylation is 1. The first kappa shape index (κ1) is 18.0. The fraction of sp³-hybridized carbons (Fsp3) is 0.333. The largest absolute Gasteiger partial charge is 0.378 e. The lowest BCUT2D eigenvalue weighted by molar-refractivity contribution is -0.122. The predicted molar refractivity (Wildman–Crippen MR) is 106 cm³/mol. The average Bonchev–Trinajstić information content (AvgIpc) is 3.04. The van der Waals surface area contributed by atoms with Gasteiger partial charge in [-0.3, -0.25) is 9.59 Å². The van der Waals surface area contributed by atoms with E-state index in [2.05, 4.69) is 12.2 Å². The zero-order valence-corrected chi connectivity index (χ0v) is 15.5. The Balaban J connectivity index is 1.65. The minimum atomic E-state index is -0.332. The van der Waals surface area contributed by atoms with E-state index in [1.807, 2.05) is 67.5 Å². The molecule has 1 saturated heterocycles. The van der Waals surface area contributed by atoms with Gasteiger partial charge in [-0.15, -0.1) is 0 Å². The lowest BCUT2D eigenvalue weighted by atomic mass is 10.1. The highest BCUT2D eigenvalue weighted by molar-refractivity contribution is 6.03. The molecule has 0 radical (unpaired) electrons. The van der Waals surface area contributed by atoms with Gasteiger partial charge in [-0.25, -0.2) is 0 Å². The summed E-state index contributed by atoms with van der Waals surface area (Å²) >= 11 is 0. The summed E-state index contributed by atoms with van der Waals surface area (Å²) in [5.41, 5.74) is 3.91. The molecule has 3 rings (SSSR count). The Morgan fingerprint density at radius 1 is 1.12 bits per heavy atom. The van der Waals surface area contributed by atoms with Gasteiger partial charge in [-0.2, -0.15) is 0 Å². The minimum absolute atomic E-state index is 0.0101. The number of nitrogens with one attached hydrogen (secondary N) is 1. The first-order chi connectivity index (χ1) is 12.5. The van der Waals surface area contributed by atoms with Crippen LogP contribution in [0.25, 0.3) is 0 Å². The summed E-state index contributed by atoms with van der Waals surface area (Å²) in [6, 6.07) is 15.6. The fourth-order valence-electron chi connectivity index (χ4n) is 3.13. The quantitative estimate of drug-likeness (QED) is 0.899. The van der Waals surface area contributed by atoms with Gasteiger partial charge in [0.05, 0.1) is 5.92 Å². The van der Waals surface area contributed by atoms with Crippen LogP contribution in [0.3, 0.4) is 0 Å². The molecule has 0 bridgehead atoms. The second-order valence-electron chi connectivity index (χ2n) is 6.86. The molecule has 1 N–H and O–H groups in total. The molecule has 1 aliphatic rings. The number of carbonyl (C=O) groups is 2. The van der Waals surface area contributed by atoms with Crippen molar-refractivity contribution in [2.24, 2.45) is 5.92 Å². The van der Waals surface area contributed by atoms with Crippen molar-refractivity contribution in [2.75, 3.05) is 35.8 Å². The highest BCUT2D eigenvalue weighted by Crippen LogP contribution is 2.27. The van der Waals surface area contributed by atoms with Crippen LogP contribution in [-0.2, 0) is 16.0 Å². The number of rotatable bonds is 5. The summed E-state index contributed by atoms with van der Waals surface area (Å²) in [4.78, 5) is 28.6. The number of amides is 2. The molecule has 2 aromatic carbocycles. The van der Waals surface area contributed by atoms with Gasteiger partial charge >= 0.3 is 0 Å². The molecule has 0 spiro atoms. The number of anilines is 3. The Labute approximate surface area is 154 Å². The molecule has 0 saturated carbocycles. The second-order valence-corrected chi connectivity index (χ2v) is 6.86. The van der Waals surface area contributed by atoms with Crippen molar-refractivity contribution >= 4 is 28.9 Å². The maximum Gasteiger partial charge on any atom is 0.229 e. The molecule has 5 heteroatoms. The zero-order chi connectivity index (χ0) is 18.7. The fourth-order valence-corrected chi connectivity index (χ4v) is 3.13. The van der Waals surface area contributed by atoms with Crippen LogP contribution in [0.2, 0.25) is 0 Å². The smallest absolute Gasteiger partial charge is 0.229 e. The predicted octanol–water partition coefficient (Wildman–Crippen LogP) is 3.31. The first-order valence-corrected chi connectivity index (χ1v) is 8.95. The molecule has 136 valence electrons. The molecular formula is C21H25N3O2. The van der Waals surface area contributed by atoms with Gasteiger partial charge in [-0.1, -0.05) is 19.1 Å². The van der Waals surface area contributed by atoms with Crippen molar-refractivity contribution in [2.45, 2.75) is 19.8 Å². The lowest BCUT2D eigenvalue weighted by Gasteiger charge is -2.19. The van der Waals surface area contributed by atoms with Crippen LogP contribution in [0.5, 0.6) is 0 Å². The van der Waals surface area contributed by atoms with Gasteiger partial charge in [-0.05, 0) is 48.4 Å². The number of hydrogen-bond acceptors (Lipinski definition) is 3. The molecule has 26 heavy (non-hydrogen) atoms. The Hall–Kier alpha value is -2.82. The second kappa shape index (κ2) is 7.60. The molecule has 1 aliphatic heterocycles. The van der Waals surface area contributed by atoms with E-state index in [4.69, 9.17) is 0 Å². The Morgan fingerprint density at radius 2 is 1.77 bits per heavy atom. The van der Waals surface area contributed by atoms with E-state index < -0.39 is 0 Å². The third-order valence-electron chi connectivity index (χ3n) is 4.80. The van der Waals surface area contributed by atoms with Crippen LogP contribution in [0.15, 0.2) is 48.5 Å². The monoisotopic (exact) mass is 351 g/mol. The van der Waals surface area contributed by atoms with Crippen molar-refractivity contribution in [1.29, 1.82) is 0 Å². The van der Waals surface area contributed by atoms with Gasteiger partial charge in [0.25, 0.3) is 0 Å². The van der Waals surface area contributed by atoms with Crippen molar-refractivity contribution in [3.63, 3.8) is 0 Å². The molecule has 1 heterocycles. The van der Waals surface area contributed by atoms with Crippen LogP contribution < -0.4 is 15.1 Å². The summed E-state index contributed by atoms with van der Waals surface area (Å²) in [6.07, 6.45) is 1.21. The van der Waals surface area contributed by atoms with Gasteiger partial charge in [0, 0.05) is 44.1 Å². The molecule has 5 nitrogen and oxygen atoms in total. The Bertz CT molecular complexity index is 782. The standard InChI is InChI=1S/C21H25N3O2/c1-4-15-5-7-17(8-6-15)22-21(26)16-13-20(25)24(14-16)19-11-9-18(10-12-19)23(2)3/h5-12,16H,4,13-14H2,1-3H3,(H,22,26). The van der Waals surface area contributed by atoms with E-state index >= 15 is 0 Å². The SMILES string of the molecule is CCc1ccc(NC(=O)C2CC(=O)N(c3ccc(N(C)C)cc3)C2)cc1. The maximum atomic E-state index is 12.5. The summed E-state index contributed by atoms with van der Waals surface area (Å²) in [7, 11) is 3.95. The maximum absolute atomic E-state index is 12.5. The van der Waals surface area contributed by atoms with Gasteiger partial charge in [0.1, 0.15) is 0 Å². The Kier molecular flexibility index (Phi) is 5.26. The lowest BCUT2D eigenvalue weighted by Crippen LogP contribution is -2.28. The molecule has 0 aliphatic carbocycles. The van der Waals surface area contributed by atoms with Crippen LogP contribution in [0.4, 0.5) is 17.1 Å². The number of benzene rings is 2. The van der Waals surface area contributed by atoms with E-state index in [1.54, 1.807) is 4.90 Å². The van der Waals surface area contributed by atoms with E-state index in [1.165, 1.54) is 5.56 Å². The van der Waals surface area contributed by atoms with E-state index in [9.17, 15) is 9.59 Å². The highest BCUT2D eigenvalue weighted by Gasteiger charge is 2.35. The van der Waals surface area contributed by atoms with Crippen molar-refractivity contribution < 1.29 is 9.59 Å². The van der Waals surface area contributed by atoms with Crippen molar-refractivity contribution in [3.8, 4) is 0 Å². The van der Waals surface area contributed by atoms with E-state index in [0.717, 1.165) is 23.5 Å². The molecular weight excluding hydrogens is 326 g/mol. The minimum Gasteiger partial charge on any atom is -0.378 e. The van der Waals surface area contributed by atoms with Crippen LogP contribution >= 0.6 is 0 Å².